The Labute approximate surface area is 166 Å². The lowest BCUT2D eigenvalue weighted by atomic mass is 10.1. The number of hydrogen-bond acceptors (Lipinski definition) is 4. The Morgan fingerprint density at radius 1 is 1.19 bits per heavy atom. The molecule has 9 heteroatoms. The number of nitro groups is 1. The zero-order valence-corrected chi connectivity index (χ0v) is 16.1. The van der Waals surface area contributed by atoms with E-state index in [-0.39, 0.29) is 28.7 Å². The molecule has 0 aromatic heterocycles. The van der Waals surface area contributed by atoms with Crippen LogP contribution in [0, 0.1) is 10.1 Å². The Balaban J connectivity index is 2.00. The monoisotopic (exact) mass is 409 g/mol. The Morgan fingerprint density at radius 3 is 2.52 bits per heavy atom. The van der Waals surface area contributed by atoms with Gasteiger partial charge in [-0.1, -0.05) is 35.3 Å². The van der Waals surface area contributed by atoms with Crippen LogP contribution < -0.4 is 5.32 Å². The average molecular weight is 410 g/mol. The molecule has 142 valence electrons. The lowest BCUT2D eigenvalue weighted by Crippen LogP contribution is -2.39. The fraction of sp³-hybridized carbons (Fsp3) is 0.222. The molecular formula is C18H17Cl2N3O4. The van der Waals surface area contributed by atoms with Crippen LogP contribution in [0.5, 0.6) is 0 Å². The number of likely N-dealkylation sites (N-methyl/N-ethyl adjacent to an activating group) is 1. The number of carbonyl (C=O) groups is 2. The van der Waals surface area contributed by atoms with E-state index in [2.05, 4.69) is 5.32 Å². The van der Waals surface area contributed by atoms with Gasteiger partial charge in [0, 0.05) is 24.7 Å². The van der Waals surface area contributed by atoms with Crippen molar-refractivity contribution in [1.29, 1.82) is 0 Å². The molecular weight excluding hydrogens is 393 g/mol. The van der Waals surface area contributed by atoms with E-state index < -0.39 is 16.9 Å². The zero-order valence-electron chi connectivity index (χ0n) is 14.6. The molecule has 0 saturated heterocycles. The highest BCUT2D eigenvalue weighted by Crippen LogP contribution is 2.24. The summed E-state index contributed by atoms with van der Waals surface area (Å²) < 4.78 is 0. The third-order valence-corrected chi connectivity index (χ3v) is 4.86. The highest BCUT2D eigenvalue weighted by molar-refractivity contribution is 6.42. The lowest BCUT2D eigenvalue weighted by molar-refractivity contribution is -0.384. The zero-order chi connectivity index (χ0) is 20.1. The van der Waals surface area contributed by atoms with Crippen molar-refractivity contribution in [3.05, 3.63) is 73.8 Å². The van der Waals surface area contributed by atoms with E-state index in [0.717, 1.165) is 0 Å². The summed E-state index contributed by atoms with van der Waals surface area (Å²) in [4.78, 5) is 36.3. The summed E-state index contributed by atoms with van der Waals surface area (Å²) in [5.41, 5.74) is 0.857. The number of carbonyl (C=O) groups excluding carboxylic acids is 2. The van der Waals surface area contributed by atoms with E-state index in [1.54, 1.807) is 26.1 Å². The molecule has 0 unspecified atom stereocenters. The predicted molar refractivity (Wildman–Crippen MR) is 103 cm³/mol. The highest BCUT2D eigenvalue weighted by Gasteiger charge is 2.20. The minimum Gasteiger partial charge on any atom is -0.343 e. The van der Waals surface area contributed by atoms with Crippen LogP contribution in [0.25, 0.3) is 0 Å². The third kappa shape index (κ3) is 5.18. The minimum atomic E-state index is -0.491. The summed E-state index contributed by atoms with van der Waals surface area (Å²) >= 11 is 11.7. The Kier molecular flexibility index (Phi) is 6.76. The fourth-order valence-electron chi connectivity index (χ4n) is 2.36. The van der Waals surface area contributed by atoms with Crippen LogP contribution in [0.2, 0.25) is 10.0 Å². The highest BCUT2D eigenvalue weighted by atomic mass is 35.5. The van der Waals surface area contributed by atoms with Crippen LogP contribution in [0.4, 0.5) is 5.69 Å². The molecule has 1 atom stereocenters. The first kappa shape index (κ1) is 20.7. The smallest absolute Gasteiger partial charge is 0.269 e. The number of non-ortho nitro benzene ring substituents is 1. The van der Waals surface area contributed by atoms with Gasteiger partial charge in [0.25, 0.3) is 11.6 Å². The maximum atomic E-state index is 12.4. The number of hydrogen-bond donors (Lipinski definition) is 1. The molecule has 27 heavy (non-hydrogen) atoms. The van der Waals surface area contributed by atoms with Gasteiger partial charge in [0.05, 0.1) is 27.6 Å². The fourth-order valence-corrected chi connectivity index (χ4v) is 2.66. The van der Waals surface area contributed by atoms with Gasteiger partial charge in [-0.05, 0) is 30.7 Å². The SMILES string of the molecule is C[C@H](c1cccc([N+](=O)[O-])c1)N(C)C(=O)CNC(=O)c1ccc(Cl)c(Cl)c1. The molecule has 7 nitrogen and oxygen atoms in total. The quantitative estimate of drug-likeness (QED) is 0.578. The van der Waals surface area contributed by atoms with E-state index >= 15 is 0 Å². The van der Waals surface area contributed by atoms with Crippen LogP contribution in [0.3, 0.4) is 0 Å². The van der Waals surface area contributed by atoms with Gasteiger partial charge >= 0.3 is 0 Å². The number of amides is 2. The number of nitro benzene ring substituents is 1. The van der Waals surface area contributed by atoms with Crippen molar-refractivity contribution in [3.63, 3.8) is 0 Å². The molecule has 0 aliphatic carbocycles. The molecule has 0 aliphatic rings. The maximum Gasteiger partial charge on any atom is 0.269 e. The van der Waals surface area contributed by atoms with Gasteiger partial charge in [0.15, 0.2) is 0 Å². The van der Waals surface area contributed by atoms with Crippen LogP contribution in [-0.2, 0) is 4.79 Å². The second-order valence-corrected chi connectivity index (χ2v) is 6.66. The van der Waals surface area contributed by atoms with Crippen molar-refractivity contribution in [2.45, 2.75) is 13.0 Å². The molecule has 0 spiro atoms. The first-order valence-electron chi connectivity index (χ1n) is 7.94. The minimum absolute atomic E-state index is 0.0480. The Morgan fingerprint density at radius 2 is 1.89 bits per heavy atom. The number of rotatable bonds is 6. The van der Waals surface area contributed by atoms with Gasteiger partial charge in [-0.2, -0.15) is 0 Å². The predicted octanol–water partition coefficient (Wildman–Crippen LogP) is 3.85. The molecule has 0 radical (unpaired) electrons. The van der Waals surface area contributed by atoms with Gasteiger partial charge in [-0.15, -0.1) is 0 Å². The Bertz CT molecular complexity index is 889. The Hall–Kier alpha value is -2.64. The maximum absolute atomic E-state index is 12.4. The summed E-state index contributed by atoms with van der Waals surface area (Å²) in [5, 5.41) is 14.0. The molecule has 0 fully saturated rings. The van der Waals surface area contributed by atoms with Crippen molar-refractivity contribution in [2.75, 3.05) is 13.6 Å². The lowest BCUT2D eigenvalue weighted by Gasteiger charge is -2.25. The first-order chi connectivity index (χ1) is 12.7. The molecule has 2 rings (SSSR count). The first-order valence-corrected chi connectivity index (χ1v) is 8.69. The normalized spacial score (nSPS) is 11.6. The molecule has 0 heterocycles. The molecule has 2 aromatic rings. The van der Waals surface area contributed by atoms with Gasteiger partial charge in [-0.25, -0.2) is 0 Å². The van der Waals surface area contributed by atoms with Gasteiger partial charge in [0.2, 0.25) is 5.91 Å². The number of benzene rings is 2. The van der Waals surface area contributed by atoms with Crippen molar-refractivity contribution in [3.8, 4) is 0 Å². The second kappa shape index (κ2) is 8.83. The summed E-state index contributed by atoms with van der Waals surface area (Å²) in [6, 6.07) is 10.1. The summed E-state index contributed by atoms with van der Waals surface area (Å²) in [6.45, 7) is 1.52. The third-order valence-electron chi connectivity index (χ3n) is 4.12. The van der Waals surface area contributed by atoms with Gasteiger partial charge < -0.3 is 10.2 Å². The van der Waals surface area contributed by atoms with Crippen molar-refractivity contribution in [2.24, 2.45) is 0 Å². The number of nitrogens with one attached hydrogen (secondary N) is 1. The summed E-state index contributed by atoms with van der Waals surface area (Å²) in [6.07, 6.45) is 0. The molecule has 2 amide bonds. The van der Waals surface area contributed by atoms with Crippen molar-refractivity contribution in [1.82, 2.24) is 10.2 Å². The molecule has 1 N–H and O–H groups in total. The number of nitrogens with zero attached hydrogens (tertiary/aromatic N) is 2. The summed E-state index contributed by atoms with van der Waals surface area (Å²) in [5.74, 6) is -0.805. The summed E-state index contributed by atoms with van der Waals surface area (Å²) in [7, 11) is 1.57. The molecule has 2 aromatic carbocycles. The molecule has 0 aliphatic heterocycles. The van der Waals surface area contributed by atoms with Crippen molar-refractivity contribution >= 4 is 40.7 Å². The van der Waals surface area contributed by atoms with Crippen LogP contribution in [0.1, 0.15) is 28.9 Å². The van der Waals surface area contributed by atoms with Gasteiger partial charge in [0.1, 0.15) is 0 Å². The second-order valence-electron chi connectivity index (χ2n) is 5.84. The molecule has 0 saturated carbocycles. The largest absolute Gasteiger partial charge is 0.343 e. The van der Waals surface area contributed by atoms with Crippen LogP contribution in [0.15, 0.2) is 42.5 Å². The number of halogens is 2. The molecule has 0 bridgehead atoms. The van der Waals surface area contributed by atoms with Crippen LogP contribution in [-0.4, -0.2) is 35.2 Å². The van der Waals surface area contributed by atoms with E-state index in [0.29, 0.717) is 10.6 Å². The van der Waals surface area contributed by atoms with E-state index in [1.807, 2.05) is 0 Å². The average Bonchev–Trinajstić information content (AvgIpc) is 2.66. The standard InChI is InChI=1S/C18H17Cl2N3O4/c1-11(12-4-3-5-14(8-12)23(26)27)22(2)17(24)10-21-18(25)13-6-7-15(19)16(20)9-13/h3-9,11H,10H2,1-2H3,(H,21,25)/t11-/m1/s1. The van der Waals surface area contributed by atoms with Crippen molar-refractivity contribution < 1.29 is 14.5 Å². The van der Waals surface area contributed by atoms with E-state index in [1.165, 1.54) is 35.2 Å². The topological polar surface area (TPSA) is 92.6 Å². The van der Waals surface area contributed by atoms with E-state index in [4.69, 9.17) is 23.2 Å². The van der Waals surface area contributed by atoms with Gasteiger partial charge in [-0.3, -0.25) is 19.7 Å². The van der Waals surface area contributed by atoms with Crippen LogP contribution >= 0.6 is 23.2 Å². The van der Waals surface area contributed by atoms with E-state index in [9.17, 15) is 19.7 Å².